The second-order valence-electron chi connectivity index (χ2n) is 4.95. The van der Waals surface area contributed by atoms with Gasteiger partial charge in [0.1, 0.15) is 0 Å². The molecular formula is C15H15F3N2OS. The number of aromatic nitrogens is 1. The van der Waals surface area contributed by atoms with Crippen LogP contribution in [0, 0.1) is 6.92 Å². The summed E-state index contributed by atoms with van der Waals surface area (Å²) < 4.78 is 38.1. The Morgan fingerprint density at radius 3 is 2.73 bits per heavy atom. The van der Waals surface area contributed by atoms with Gasteiger partial charge in [0.2, 0.25) is 5.91 Å². The number of carbonyl (C=O) groups is 1. The standard InChI is InChI=1S/C15H15F3N2OS/c1-9(11-4-3-5-12(6-11)15(16,17)18)19-14(21)7-13-8-22-10(2)20-13/h3-6,8-9H,7H2,1-2H3,(H,19,21)/t9-/m0/s1. The highest BCUT2D eigenvalue weighted by molar-refractivity contribution is 7.09. The summed E-state index contributed by atoms with van der Waals surface area (Å²) in [7, 11) is 0. The number of nitrogens with zero attached hydrogens (tertiary/aromatic N) is 1. The van der Waals surface area contributed by atoms with E-state index >= 15 is 0 Å². The van der Waals surface area contributed by atoms with Crippen LogP contribution in [0.3, 0.4) is 0 Å². The number of benzene rings is 1. The van der Waals surface area contributed by atoms with E-state index in [4.69, 9.17) is 0 Å². The lowest BCUT2D eigenvalue weighted by atomic mass is 10.0. The van der Waals surface area contributed by atoms with E-state index in [1.165, 1.54) is 17.4 Å². The molecule has 3 nitrogen and oxygen atoms in total. The first-order valence-corrected chi connectivity index (χ1v) is 7.51. The lowest BCUT2D eigenvalue weighted by molar-refractivity contribution is -0.137. The molecule has 7 heteroatoms. The third kappa shape index (κ3) is 4.30. The lowest BCUT2D eigenvalue weighted by Gasteiger charge is -2.16. The molecule has 1 aromatic carbocycles. The predicted octanol–water partition coefficient (Wildman–Crippen LogP) is 3.89. The van der Waals surface area contributed by atoms with Gasteiger partial charge in [-0.15, -0.1) is 11.3 Å². The molecular weight excluding hydrogens is 313 g/mol. The van der Waals surface area contributed by atoms with Crippen molar-refractivity contribution in [2.24, 2.45) is 0 Å². The number of amides is 1. The number of halogens is 3. The van der Waals surface area contributed by atoms with Crippen LogP contribution in [0.4, 0.5) is 13.2 Å². The van der Waals surface area contributed by atoms with Gasteiger partial charge in [0, 0.05) is 5.38 Å². The molecule has 0 fully saturated rings. The summed E-state index contributed by atoms with van der Waals surface area (Å²) in [6, 6.07) is 4.46. The Morgan fingerprint density at radius 1 is 1.41 bits per heavy atom. The van der Waals surface area contributed by atoms with Crippen LogP contribution < -0.4 is 5.32 Å². The largest absolute Gasteiger partial charge is 0.416 e. The second kappa shape index (κ2) is 6.48. The van der Waals surface area contributed by atoms with E-state index in [0.29, 0.717) is 11.3 Å². The topological polar surface area (TPSA) is 42.0 Å². The summed E-state index contributed by atoms with van der Waals surface area (Å²) >= 11 is 1.45. The highest BCUT2D eigenvalue weighted by Gasteiger charge is 2.30. The van der Waals surface area contributed by atoms with Gasteiger partial charge in [0.15, 0.2) is 0 Å². The van der Waals surface area contributed by atoms with Gasteiger partial charge in [0.05, 0.1) is 28.7 Å². The summed E-state index contributed by atoms with van der Waals surface area (Å²) in [6.07, 6.45) is -4.27. The van der Waals surface area contributed by atoms with Crippen molar-refractivity contribution in [2.45, 2.75) is 32.5 Å². The molecule has 0 aliphatic rings. The second-order valence-corrected chi connectivity index (χ2v) is 6.01. The van der Waals surface area contributed by atoms with E-state index in [-0.39, 0.29) is 12.3 Å². The first-order chi connectivity index (χ1) is 10.3. The SMILES string of the molecule is Cc1nc(CC(=O)N[C@@H](C)c2cccc(C(F)(F)F)c2)cs1. The molecule has 0 saturated carbocycles. The van der Waals surface area contributed by atoms with Gasteiger partial charge in [-0.05, 0) is 31.5 Å². The summed E-state index contributed by atoms with van der Waals surface area (Å²) in [5.41, 5.74) is 0.357. The minimum atomic E-state index is -4.39. The van der Waals surface area contributed by atoms with Gasteiger partial charge in [-0.3, -0.25) is 4.79 Å². The molecule has 0 radical (unpaired) electrons. The van der Waals surface area contributed by atoms with E-state index in [0.717, 1.165) is 17.1 Å². The number of nitrogens with one attached hydrogen (secondary N) is 1. The maximum atomic E-state index is 12.7. The highest BCUT2D eigenvalue weighted by Crippen LogP contribution is 2.30. The van der Waals surface area contributed by atoms with Gasteiger partial charge < -0.3 is 5.32 Å². The molecule has 2 aromatic rings. The van der Waals surface area contributed by atoms with Crippen molar-refractivity contribution in [2.75, 3.05) is 0 Å². The Morgan fingerprint density at radius 2 is 2.14 bits per heavy atom. The number of carbonyl (C=O) groups excluding carboxylic acids is 1. The zero-order chi connectivity index (χ0) is 16.3. The zero-order valence-electron chi connectivity index (χ0n) is 12.1. The average Bonchev–Trinajstić information content (AvgIpc) is 2.83. The van der Waals surface area contributed by atoms with Gasteiger partial charge in [-0.25, -0.2) is 4.98 Å². The van der Waals surface area contributed by atoms with Crippen LogP contribution in [0.5, 0.6) is 0 Å². The molecule has 1 heterocycles. The van der Waals surface area contributed by atoms with Crippen LogP contribution in [-0.4, -0.2) is 10.9 Å². The van der Waals surface area contributed by atoms with E-state index < -0.39 is 17.8 Å². The molecule has 1 aromatic heterocycles. The monoisotopic (exact) mass is 328 g/mol. The lowest BCUT2D eigenvalue weighted by Crippen LogP contribution is -2.28. The summed E-state index contributed by atoms with van der Waals surface area (Å²) in [4.78, 5) is 16.1. The molecule has 2 rings (SSSR count). The number of thiazole rings is 1. The molecule has 0 spiro atoms. The van der Waals surface area contributed by atoms with Crippen molar-refractivity contribution >= 4 is 17.2 Å². The van der Waals surface area contributed by atoms with E-state index in [9.17, 15) is 18.0 Å². The number of rotatable bonds is 4. The minimum Gasteiger partial charge on any atom is -0.349 e. The van der Waals surface area contributed by atoms with E-state index in [1.807, 2.05) is 6.92 Å². The van der Waals surface area contributed by atoms with Crippen LogP contribution in [0.25, 0.3) is 0 Å². The summed E-state index contributed by atoms with van der Waals surface area (Å²) in [6.45, 7) is 3.50. The van der Waals surface area contributed by atoms with Crippen molar-refractivity contribution < 1.29 is 18.0 Å². The number of alkyl halides is 3. The molecule has 118 valence electrons. The maximum absolute atomic E-state index is 12.7. The molecule has 1 atom stereocenters. The summed E-state index contributed by atoms with van der Waals surface area (Å²) in [5, 5.41) is 5.36. The van der Waals surface area contributed by atoms with Crippen molar-refractivity contribution in [3.05, 3.63) is 51.5 Å². The zero-order valence-corrected chi connectivity index (χ0v) is 12.9. The highest BCUT2D eigenvalue weighted by atomic mass is 32.1. The van der Waals surface area contributed by atoms with Gasteiger partial charge in [-0.1, -0.05) is 12.1 Å². The van der Waals surface area contributed by atoms with E-state index in [2.05, 4.69) is 10.3 Å². The van der Waals surface area contributed by atoms with Crippen molar-refractivity contribution in [3.63, 3.8) is 0 Å². The number of aryl methyl sites for hydroxylation is 1. The van der Waals surface area contributed by atoms with Crippen molar-refractivity contribution in [1.82, 2.24) is 10.3 Å². The Bertz CT molecular complexity index is 667. The molecule has 0 aliphatic carbocycles. The Balaban J connectivity index is 2.02. The average molecular weight is 328 g/mol. The Kier molecular flexibility index (Phi) is 4.85. The first kappa shape index (κ1) is 16.5. The number of hydrogen-bond acceptors (Lipinski definition) is 3. The Labute approximate surface area is 130 Å². The normalized spacial score (nSPS) is 13.0. The molecule has 1 N–H and O–H groups in total. The fourth-order valence-corrected chi connectivity index (χ4v) is 2.63. The van der Waals surface area contributed by atoms with Gasteiger partial charge in [0.25, 0.3) is 0 Å². The molecule has 0 unspecified atom stereocenters. The minimum absolute atomic E-state index is 0.119. The third-order valence-electron chi connectivity index (χ3n) is 3.10. The van der Waals surface area contributed by atoms with Crippen LogP contribution in [0.1, 0.15) is 34.8 Å². The van der Waals surface area contributed by atoms with Gasteiger partial charge in [-0.2, -0.15) is 13.2 Å². The molecule has 1 amide bonds. The van der Waals surface area contributed by atoms with Crippen LogP contribution in [-0.2, 0) is 17.4 Å². The van der Waals surface area contributed by atoms with E-state index in [1.54, 1.807) is 18.4 Å². The maximum Gasteiger partial charge on any atom is 0.416 e. The molecule has 0 saturated heterocycles. The predicted molar refractivity (Wildman–Crippen MR) is 78.6 cm³/mol. The van der Waals surface area contributed by atoms with Crippen molar-refractivity contribution in [1.29, 1.82) is 0 Å². The fourth-order valence-electron chi connectivity index (χ4n) is 2.01. The molecule has 22 heavy (non-hydrogen) atoms. The third-order valence-corrected chi connectivity index (χ3v) is 3.92. The smallest absolute Gasteiger partial charge is 0.349 e. The van der Waals surface area contributed by atoms with Crippen molar-refractivity contribution in [3.8, 4) is 0 Å². The quantitative estimate of drug-likeness (QED) is 0.925. The first-order valence-electron chi connectivity index (χ1n) is 6.63. The Hall–Kier alpha value is -1.89. The van der Waals surface area contributed by atoms with Gasteiger partial charge >= 0.3 is 6.18 Å². The fraction of sp³-hybridized carbons (Fsp3) is 0.333. The molecule has 0 aliphatic heterocycles. The number of hydrogen-bond donors (Lipinski definition) is 1. The van der Waals surface area contributed by atoms with Crippen LogP contribution >= 0.6 is 11.3 Å². The van der Waals surface area contributed by atoms with Crippen LogP contribution in [0.2, 0.25) is 0 Å². The van der Waals surface area contributed by atoms with Crippen LogP contribution in [0.15, 0.2) is 29.6 Å². The summed E-state index contributed by atoms with van der Waals surface area (Å²) in [5.74, 6) is -0.268. The molecule has 0 bridgehead atoms.